The maximum atomic E-state index is 12.8. The van der Waals surface area contributed by atoms with Crippen molar-refractivity contribution in [2.45, 2.75) is 25.9 Å². The van der Waals surface area contributed by atoms with Crippen LogP contribution in [0.15, 0.2) is 60.7 Å². The summed E-state index contributed by atoms with van der Waals surface area (Å²) in [7, 11) is 0. The Morgan fingerprint density at radius 1 is 0.794 bits per heavy atom. The van der Waals surface area contributed by atoms with Crippen molar-refractivity contribution in [3.63, 3.8) is 0 Å². The van der Waals surface area contributed by atoms with E-state index in [1.807, 2.05) is 13.8 Å². The first kappa shape index (κ1) is 24.3. The molecule has 3 rings (SSSR count). The number of amides is 2. The van der Waals surface area contributed by atoms with Gasteiger partial charge in [-0.05, 0) is 37.1 Å². The Morgan fingerprint density at radius 3 is 1.53 bits per heavy atom. The molecule has 0 aromatic heterocycles. The third-order valence-electron chi connectivity index (χ3n) is 5.55. The Balaban J connectivity index is 1.64. The zero-order valence-corrected chi connectivity index (χ0v) is 18.7. The van der Waals surface area contributed by atoms with Crippen LogP contribution in [0, 0.1) is 20.2 Å². The van der Waals surface area contributed by atoms with E-state index >= 15 is 0 Å². The molecule has 2 unspecified atom stereocenters. The molecule has 10 nitrogen and oxygen atoms in total. The Hall–Kier alpha value is -4.34. The number of carbonyl (C=O) groups is 2. The predicted octanol–water partition coefficient (Wildman–Crippen LogP) is 3.68. The van der Waals surface area contributed by atoms with Gasteiger partial charge in [0.2, 0.25) is 11.8 Å². The molecule has 1 aliphatic heterocycles. The molecule has 2 atom stereocenters. The third-order valence-corrected chi connectivity index (χ3v) is 5.55. The van der Waals surface area contributed by atoms with Crippen LogP contribution in [-0.4, -0.2) is 56.6 Å². The molecule has 0 spiro atoms. The van der Waals surface area contributed by atoms with Crippen LogP contribution in [0.3, 0.4) is 0 Å². The highest BCUT2D eigenvalue weighted by Gasteiger charge is 2.32. The van der Waals surface area contributed by atoms with Crippen LogP contribution in [0.25, 0.3) is 12.2 Å². The van der Waals surface area contributed by atoms with E-state index < -0.39 is 9.85 Å². The smallest absolute Gasteiger partial charge is 0.270 e. The maximum Gasteiger partial charge on any atom is 0.270 e. The van der Waals surface area contributed by atoms with Crippen LogP contribution in [0.5, 0.6) is 0 Å². The standard InChI is InChI=1S/C24H24N4O6/c1-17-15-26(24(30)12-10-20-6-4-8-22(14-20)28(33)34)18(2)16-25(17)23(29)11-9-19-5-3-7-21(13-19)27(31)32/h3-14,17-18H,15-16H2,1-2H3/b11-9+,12-10+. The highest BCUT2D eigenvalue weighted by Crippen LogP contribution is 2.19. The Kier molecular flexibility index (Phi) is 7.52. The summed E-state index contributed by atoms with van der Waals surface area (Å²) in [4.78, 5) is 49.7. The first-order chi connectivity index (χ1) is 16.2. The number of hydrogen-bond acceptors (Lipinski definition) is 6. The second kappa shape index (κ2) is 10.5. The van der Waals surface area contributed by atoms with E-state index in [1.54, 1.807) is 34.1 Å². The van der Waals surface area contributed by atoms with Crippen molar-refractivity contribution < 1.29 is 19.4 Å². The number of piperazine rings is 1. The largest absolute Gasteiger partial charge is 0.333 e. The molecule has 0 aliphatic carbocycles. The van der Waals surface area contributed by atoms with Gasteiger partial charge in [-0.3, -0.25) is 29.8 Å². The van der Waals surface area contributed by atoms with Gasteiger partial charge in [-0.2, -0.15) is 0 Å². The number of nitrogens with zero attached hydrogens (tertiary/aromatic N) is 4. The fraction of sp³-hybridized carbons (Fsp3) is 0.250. The van der Waals surface area contributed by atoms with Gasteiger partial charge in [-0.1, -0.05) is 24.3 Å². The Morgan fingerprint density at radius 2 is 1.18 bits per heavy atom. The zero-order valence-electron chi connectivity index (χ0n) is 18.7. The quantitative estimate of drug-likeness (QED) is 0.365. The normalized spacial score (nSPS) is 18.4. The van der Waals surface area contributed by atoms with Gasteiger partial charge < -0.3 is 9.80 Å². The number of nitro benzene ring substituents is 2. The van der Waals surface area contributed by atoms with Crippen LogP contribution in [-0.2, 0) is 9.59 Å². The van der Waals surface area contributed by atoms with Crippen molar-refractivity contribution in [3.05, 3.63) is 92.0 Å². The first-order valence-electron chi connectivity index (χ1n) is 10.6. The summed E-state index contributed by atoms with van der Waals surface area (Å²) in [5.41, 5.74) is 0.982. The summed E-state index contributed by atoms with van der Waals surface area (Å²) in [6.45, 7) is 4.34. The van der Waals surface area contributed by atoms with Gasteiger partial charge in [0.25, 0.3) is 11.4 Å². The highest BCUT2D eigenvalue weighted by atomic mass is 16.6. The fourth-order valence-corrected chi connectivity index (χ4v) is 3.75. The van der Waals surface area contributed by atoms with Gasteiger partial charge in [-0.25, -0.2) is 0 Å². The monoisotopic (exact) mass is 464 g/mol. The highest BCUT2D eigenvalue weighted by molar-refractivity contribution is 5.94. The second-order valence-corrected chi connectivity index (χ2v) is 8.05. The lowest BCUT2D eigenvalue weighted by molar-refractivity contribution is -0.385. The zero-order chi connectivity index (χ0) is 24.8. The number of rotatable bonds is 6. The van der Waals surface area contributed by atoms with E-state index in [0.29, 0.717) is 24.2 Å². The van der Waals surface area contributed by atoms with Crippen molar-refractivity contribution in [1.29, 1.82) is 0 Å². The molecule has 0 radical (unpaired) electrons. The summed E-state index contributed by atoms with van der Waals surface area (Å²) in [5, 5.41) is 21.8. The summed E-state index contributed by atoms with van der Waals surface area (Å²) >= 11 is 0. The first-order valence-corrected chi connectivity index (χ1v) is 10.6. The number of non-ortho nitro benzene ring substituents is 2. The van der Waals surface area contributed by atoms with Crippen LogP contribution >= 0.6 is 0 Å². The van der Waals surface area contributed by atoms with Crippen molar-refractivity contribution in [2.24, 2.45) is 0 Å². The lowest BCUT2D eigenvalue weighted by Crippen LogP contribution is -2.59. The lowest BCUT2D eigenvalue weighted by Gasteiger charge is -2.43. The topological polar surface area (TPSA) is 127 Å². The SMILES string of the molecule is CC1CN(C(=O)/C=C/c2cccc([N+](=O)[O-])c2)C(C)CN1C(=O)/C=C/c1cccc([N+](=O)[O-])c1. The van der Waals surface area contributed by atoms with Gasteiger partial charge >= 0.3 is 0 Å². The molecular formula is C24H24N4O6. The van der Waals surface area contributed by atoms with Crippen LogP contribution in [0.1, 0.15) is 25.0 Å². The molecule has 1 heterocycles. The Labute approximate surface area is 196 Å². The minimum Gasteiger partial charge on any atom is -0.333 e. The maximum absolute atomic E-state index is 12.8. The predicted molar refractivity (Wildman–Crippen MR) is 127 cm³/mol. The van der Waals surface area contributed by atoms with Crippen LogP contribution in [0.2, 0.25) is 0 Å². The minimum absolute atomic E-state index is 0.0538. The fourth-order valence-electron chi connectivity index (χ4n) is 3.75. The molecule has 0 N–H and O–H groups in total. The van der Waals surface area contributed by atoms with E-state index in [4.69, 9.17) is 0 Å². The van der Waals surface area contributed by atoms with E-state index in [9.17, 15) is 29.8 Å². The average Bonchev–Trinajstić information content (AvgIpc) is 2.82. The number of hydrogen-bond donors (Lipinski definition) is 0. The van der Waals surface area contributed by atoms with Crippen molar-refractivity contribution in [2.75, 3.05) is 13.1 Å². The minimum atomic E-state index is -0.493. The molecule has 0 saturated carbocycles. The lowest BCUT2D eigenvalue weighted by atomic mass is 10.1. The summed E-state index contributed by atoms with van der Waals surface area (Å²) in [6.07, 6.45) is 5.82. The van der Waals surface area contributed by atoms with E-state index in [2.05, 4.69) is 0 Å². The Bertz CT molecular complexity index is 1080. The van der Waals surface area contributed by atoms with Crippen molar-refractivity contribution in [3.8, 4) is 0 Å². The van der Waals surface area contributed by atoms with Gasteiger partial charge in [0, 0.05) is 61.6 Å². The molecule has 1 saturated heterocycles. The van der Waals surface area contributed by atoms with Gasteiger partial charge in [-0.15, -0.1) is 0 Å². The molecule has 1 aliphatic rings. The van der Waals surface area contributed by atoms with E-state index in [1.165, 1.54) is 48.6 Å². The molecular weight excluding hydrogens is 440 g/mol. The second-order valence-electron chi connectivity index (χ2n) is 8.05. The van der Waals surface area contributed by atoms with Gasteiger partial charge in [0.15, 0.2) is 0 Å². The summed E-state index contributed by atoms with van der Waals surface area (Å²) in [6, 6.07) is 11.5. The average molecular weight is 464 g/mol. The number of benzene rings is 2. The summed E-state index contributed by atoms with van der Waals surface area (Å²) in [5.74, 6) is -0.491. The molecule has 2 amide bonds. The van der Waals surface area contributed by atoms with Crippen LogP contribution < -0.4 is 0 Å². The van der Waals surface area contributed by atoms with Crippen LogP contribution in [0.4, 0.5) is 11.4 Å². The number of carbonyl (C=O) groups excluding carboxylic acids is 2. The molecule has 2 aromatic carbocycles. The third kappa shape index (κ3) is 5.91. The van der Waals surface area contributed by atoms with Gasteiger partial charge in [0.05, 0.1) is 9.85 Å². The number of nitro groups is 2. The molecule has 0 bridgehead atoms. The molecule has 2 aromatic rings. The van der Waals surface area contributed by atoms with Crippen molar-refractivity contribution >= 4 is 35.3 Å². The molecule has 176 valence electrons. The molecule has 1 fully saturated rings. The summed E-state index contributed by atoms with van der Waals surface area (Å²) < 4.78 is 0. The van der Waals surface area contributed by atoms with E-state index in [-0.39, 0.29) is 35.3 Å². The molecule has 10 heteroatoms. The van der Waals surface area contributed by atoms with Gasteiger partial charge in [0.1, 0.15) is 0 Å². The van der Waals surface area contributed by atoms with E-state index in [0.717, 1.165) is 0 Å². The van der Waals surface area contributed by atoms with Crippen molar-refractivity contribution in [1.82, 2.24) is 9.80 Å². The molecule has 34 heavy (non-hydrogen) atoms.